The van der Waals surface area contributed by atoms with Crippen LogP contribution in [-0.2, 0) is 20.6 Å². The van der Waals surface area contributed by atoms with Crippen LogP contribution in [0.25, 0.3) is 0 Å². The maximum atomic E-state index is 13.0. The Morgan fingerprint density at radius 1 is 1.16 bits per heavy atom. The summed E-state index contributed by atoms with van der Waals surface area (Å²) in [5.74, 6) is -0.541. The second-order valence-corrected chi connectivity index (χ2v) is 8.39. The van der Waals surface area contributed by atoms with Crippen molar-refractivity contribution in [1.29, 1.82) is 0 Å². The molecule has 1 aliphatic heterocycles. The van der Waals surface area contributed by atoms with Gasteiger partial charge in [-0.15, -0.1) is 0 Å². The van der Waals surface area contributed by atoms with E-state index in [1.54, 1.807) is 36.4 Å². The Balaban J connectivity index is 1.95. The lowest BCUT2D eigenvalue weighted by Gasteiger charge is -2.34. The van der Waals surface area contributed by atoms with Gasteiger partial charge in [-0.1, -0.05) is 59.6 Å². The van der Waals surface area contributed by atoms with Gasteiger partial charge in [-0.25, -0.2) is 8.42 Å². The molecule has 7 heteroatoms. The molecule has 1 heterocycles. The van der Waals surface area contributed by atoms with Crippen molar-refractivity contribution in [3.63, 3.8) is 0 Å². The van der Waals surface area contributed by atoms with Gasteiger partial charge in [-0.3, -0.25) is 4.79 Å². The quantitative estimate of drug-likeness (QED) is 0.889. The van der Waals surface area contributed by atoms with Crippen LogP contribution in [0.1, 0.15) is 22.7 Å². The third kappa shape index (κ3) is 3.86. The molecule has 2 aromatic carbocycles. The van der Waals surface area contributed by atoms with E-state index < -0.39 is 16.1 Å². The summed E-state index contributed by atoms with van der Waals surface area (Å²) in [6.45, 7) is 2.47. The van der Waals surface area contributed by atoms with Crippen molar-refractivity contribution in [2.24, 2.45) is 0 Å². The molecule has 5 nitrogen and oxygen atoms in total. The molecule has 1 fully saturated rings. The lowest BCUT2D eigenvalue weighted by Crippen LogP contribution is -2.52. The smallest absolute Gasteiger partial charge is 0.243 e. The largest absolute Gasteiger partial charge is 0.353 e. The molecule has 1 aliphatic rings. The molecule has 3 rings (SSSR count). The lowest BCUT2D eigenvalue weighted by molar-refractivity contribution is -0.126. The van der Waals surface area contributed by atoms with Gasteiger partial charge in [0.1, 0.15) is 6.04 Å². The minimum absolute atomic E-state index is 0.233. The standard InChI is InChI=1S/C18H19ClN2O3S/c1-13-6-8-14(9-7-13)17-18(22)20-10-11-21(17)25(23,24)12-15-4-2-3-5-16(15)19/h2-9,17H,10-12H2,1H3,(H,20,22). The average molecular weight is 379 g/mol. The summed E-state index contributed by atoms with van der Waals surface area (Å²) in [5.41, 5.74) is 2.23. The van der Waals surface area contributed by atoms with Crippen molar-refractivity contribution >= 4 is 27.5 Å². The highest BCUT2D eigenvalue weighted by atomic mass is 35.5. The van der Waals surface area contributed by atoms with Crippen molar-refractivity contribution in [3.8, 4) is 0 Å². The molecule has 0 aliphatic carbocycles. The molecular formula is C18H19ClN2O3S. The van der Waals surface area contributed by atoms with Crippen LogP contribution < -0.4 is 5.32 Å². The predicted octanol–water partition coefficient (Wildman–Crippen LogP) is 2.65. The van der Waals surface area contributed by atoms with Crippen LogP contribution in [0.2, 0.25) is 5.02 Å². The zero-order chi connectivity index (χ0) is 18.0. The Morgan fingerprint density at radius 3 is 2.52 bits per heavy atom. The lowest BCUT2D eigenvalue weighted by atomic mass is 10.0. The van der Waals surface area contributed by atoms with Gasteiger partial charge in [-0.05, 0) is 24.1 Å². The number of sulfonamides is 1. The highest BCUT2D eigenvalue weighted by Crippen LogP contribution is 2.29. The van der Waals surface area contributed by atoms with E-state index in [0.29, 0.717) is 22.7 Å². The third-order valence-corrected chi connectivity index (χ3v) is 6.37. The average Bonchev–Trinajstić information content (AvgIpc) is 2.58. The Morgan fingerprint density at radius 2 is 1.84 bits per heavy atom. The van der Waals surface area contributed by atoms with Crippen LogP contribution in [0, 0.1) is 6.92 Å². The van der Waals surface area contributed by atoms with Crippen molar-refractivity contribution in [3.05, 3.63) is 70.2 Å². The molecule has 1 N–H and O–H groups in total. The van der Waals surface area contributed by atoms with E-state index in [9.17, 15) is 13.2 Å². The molecule has 2 aromatic rings. The Hall–Kier alpha value is -1.89. The number of nitrogens with one attached hydrogen (secondary N) is 1. The van der Waals surface area contributed by atoms with Crippen LogP contribution >= 0.6 is 11.6 Å². The van der Waals surface area contributed by atoms with Gasteiger partial charge in [0.15, 0.2) is 0 Å². The molecule has 1 amide bonds. The highest BCUT2D eigenvalue weighted by molar-refractivity contribution is 7.88. The number of benzene rings is 2. The van der Waals surface area contributed by atoms with Crippen molar-refractivity contribution < 1.29 is 13.2 Å². The summed E-state index contributed by atoms with van der Waals surface area (Å²) < 4.78 is 27.3. The van der Waals surface area contributed by atoms with Gasteiger partial charge in [0.05, 0.1) is 5.75 Å². The second-order valence-electron chi connectivity index (χ2n) is 6.06. The number of hydrogen-bond donors (Lipinski definition) is 1. The molecule has 25 heavy (non-hydrogen) atoms. The second kappa shape index (κ2) is 7.15. The van der Waals surface area contributed by atoms with Crippen LogP contribution in [-0.4, -0.2) is 31.7 Å². The van der Waals surface area contributed by atoms with E-state index in [0.717, 1.165) is 5.56 Å². The first kappa shape index (κ1) is 17.9. The molecule has 0 radical (unpaired) electrons. The number of carbonyl (C=O) groups is 1. The number of nitrogens with zero attached hydrogens (tertiary/aromatic N) is 1. The van der Waals surface area contributed by atoms with Gasteiger partial charge < -0.3 is 5.32 Å². The number of aryl methyl sites for hydroxylation is 1. The van der Waals surface area contributed by atoms with Crippen LogP contribution in [0.5, 0.6) is 0 Å². The molecule has 0 spiro atoms. The number of amides is 1. The summed E-state index contributed by atoms with van der Waals surface area (Å²) in [4.78, 5) is 12.4. The molecule has 1 saturated heterocycles. The molecule has 1 unspecified atom stereocenters. The Bertz CT molecular complexity index is 881. The number of hydrogen-bond acceptors (Lipinski definition) is 3. The molecule has 0 bridgehead atoms. The highest BCUT2D eigenvalue weighted by Gasteiger charge is 2.38. The minimum Gasteiger partial charge on any atom is -0.353 e. The van der Waals surface area contributed by atoms with E-state index in [-0.39, 0.29) is 18.2 Å². The molecule has 0 aromatic heterocycles. The first-order chi connectivity index (χ1) is 11.9. The number of halogens is 1. The van der Waals surface area contributed by atoms with Gasteiger partial charge in [0.2, 0.25) is 15.9 Å². The van der Waals surface area contributed by atoms with Crippen LogP contribution in [0.4, 0.5) is 0 Å². The van der Waals surface area contributed by atoms with Gasteiger partial charge >= 0.3 is 0 Å². The number of piperazine rings is 1. The topological polar surface area (TPSA) is 66.5 Å². The summed E-state index contributed by atoms with van der Waals surface area (Å²) in [7, 11) is -3.71. The first-order valence-corrected chi connectivity index (χ1v) is 9.94. The van der Waals surface area contributed by atoms with Gasteiger partial charge in [-0.2, -0.15) is 4.31 Å². The van der Waals surface area contributed by atoms with E-state index in [1.807, 2.05) is 19.1 Å². The summed E-state index contributed by atoms with van der Waals surface area (Å²) in [6.07, 6.45) is 0. The first-order valence-electron chi connectivity index (χ1n) is 7.96. The van der Waals surface area contributed by atoms with E-state index in [2.05, 4.69) is 5.32 Å². The molecular weight excluding hydrogens is 360 g/mol. The fourth-order valence-corrected chi connectivity index (χ4v) is 4.91. The molecule has 0 saturated carbocycles. The van der Waals surface area contributed by atoms with Crippen molar-refractivity contribution in [2.45, 2.75) is 18.7 Å². The minimum atomic E-state index is -3.71. The zero-order valence-electron chi connectivity index (χ0n) is 13.8. The van der Waals surface area contributed by atoms with Gasteiger partial charge in [0, 0.05) is 18.1 Å². The Labute approximate surface area is 152 Å². The summed E-state index contributed by atoms with van der Waals surface area (Å²) in [6, 6.07) is 13.3. The maximum absolute atomic E-state index is 13.0. The number of rotatable bonds is 4. The maximum Gasteiger partial charge on any atom is 0.243 e. The zero-order valence-corrected chi connectivity index (χ0v) is 15.3. The van der Waals surface area contributed by atoms with Crippen molar-refractivity contribution in [2.75, 3.05) is 13.1 Å². The third-order valence-electron chi connectivity index (χ3n) is 4.21. The molecule has 1 atom stereocenters. The molecule has 132 valence electrons. The van der Waals surface area contributed by atoms with E-state index >= 15 is 0 Å². The summed E-state index contributed by atoms with van der Waals surface area (Å²) >= 11 is 6.11. The SMILES string of the molecule is Cc1ccc(C2C(=O)NCCN2S(=O)(=O)Cc2ccccc2Cl)cc1. The monoisotopic (exact) mass is 378 g/mol. The van der Waals surface area contributed by atoms with Gasteiger partial charge in [0.25, 0.3) is 0 Å². The number of carbonyl (C=O) groups excluding carboxylic acids is 1. The van der Waals surface area contributed by atoms with E-state index in [1.165, 1.54) is 4.31 Å². The fourth-order valence-electron chi connectivity index (χ4n) is 2.91. The van der Waals surface area contributed by atoms with Crippen LogP contribution in [0.15, 0.2) is 48.5 Å². The summed E-state index contributed by atoms with van der Waals surface area (Å²) in [5, 5.41) is 3.15. The van der Waals surface area contributed by atoms with E-state index in [4.69, 9.17) is 11.6 Å². The fraction of sp³-hybridized carbons (Fsp3) is 0.278. The van der Waals surface area contributed by atoms with Crippen LogP contribution in [0.3, 0.4) is 0 Å². The van der Waals surface area contributed by atoms with Crippen molar-refractivity contribution in [1.82, 2.24) is 9.62 Å². The predicted molar refractivity (Wildman–Crippen MR) is 97.7 cm³/mol. The normalized spacial score (nSPS) is 18.8. The Kier molecular flexibility index (Phi) is 5.13.